The third-order valence-corrected chi connectivity index (χ3v) is 2.33. The average Bonchev–Trinajstić information content (AvgIpc) is 2.17. The number of thioether (sulfide) groups is 1. The van der Waals surface area contributed by atoms with Crippen molar-refractivity contribution < 1.29 is 5.11 Å². The molecule has 2 heteroatoms. The Morgan fingerprint density at radius 3 is 2.42 bits per heavy atom. The predicted molar refractivity (Wildman–Crippen MR) is 52.0 cm³/mol. The van der Waals surface area contributed by atoms with Crippen LogP contribution in [0.15, 0.2) is 29.2 Å². The Bertz CT molecular complexity index is 284. The molecule has 0 saturated carbocycles. The smallest absolute Gasteiger partial charge is 0.139 e. The lowest BCUT2D eigenvalue weighted by Gasteiger charge is -2.03. The van der Waals surface area contributed by atoms with Crippen molar-refractivity contribution in [1.29, 1.82) is 0 Å². The molecule has 62 valence electrons. The standard InChI is InChI=1S/C10H10OS/c1-3-10(11)8-4-6-9(12-2)7-5-8/h1,4-7,10-11H,2H3/t10-/m0/s1. The lowest BCUT2D eigenvalue weighted by Crippen LogP contribution is -1.91. The summed E-state index contributed by atoms with van der Waals surface area (Å²) in [7, 11) is 0. The van der Waals surface area contributed by atoms with Crippen LogP contribution in [0, 0.1) is 12.3 Å². The van der Waals surface area contributed by atoms with Gasteiger partial charge in [0.2, 0.25) is 0 Å². The summed E-state index contributed by atoms with van der Waals surface area (Å²) in [6, 6.07) is 7.58. The molecule has 1 aromatic carbocycles. The zero-order valence-corrected chi connectivity index (χ0v) is 7.64. The van der Waals surface area contributed by atoms with E-state index in [0.717, 1.165) is 5.56 Å². The Morgan fingerprint density at radius 1 is 1.42 bits per heavy atom. The first-order valence-corrected chi connectivity index (χ1v) is 4.78. The lowest BCUT2D eigenvalue weighted by atomic mass is 10.1. The highest BCUT2D eigenvalue weighted by atomic mass is 32.2. The van der Waals surface area contributed by atoms with E-state index in [0.29, 0.717) is 0 Å². The van der Waals surface area contributed by atoms with E-state index in [2.05, 4.69) is 5.92 Å². The van der Waals surface area contributed by atoms with Crippen LogP contribution in [0.2, 0.25) is 0 Å². The van der Waals surface area contributed by atoms with Gasteiger partial charge in [0, 0.05) is 4.90 Å². The van der Waals surface area contributed by atoms with E-state index >= 15 is 0 Å². The molecule has 0 aliphatic heterocycles. The van der Waals surface area contributed by atoms with Crippen molar-refractivity contribution in [3.63, 3.8) is 0 Å². The van der Waals surface area contributed by atoms with Gasteiger partial charge in [-0.25, -0.2) is 0 Å². The fraction of sp³-hybridized carbons (Fsp3) is 0.200. The van der Waals surface area contributed by atoms with Crippen LogP contribution in [0.5, 0.6) is 0 Å². The maximum absolute atomic E-state index is 9.25. The fourth-order valence-electron chi connectivity index (χ4n) is 0.882. The third kappa shape index (κ3) is 2.04. The zero-order valence-electron chi connectivity index (χ0n) is 6.82. The predicted octanol–water partition coefficient (Wildman–Crippen LogP) is 2.08. The number of aliphatic hydroxyl groups is 1. The second kappa shape index (κ2) is 4.20. The lowest BCUT2D eigenvalue weighted by molar-refractivity contribution is 0.238. The van der Waals surface area contributed by atoms with E-state index in [1.54, 1.807) is 11.8 Å². The fourth-order valence-corrected chi connectivity index (χ4v) is 1.29. The molecule has 0 aromatic heterocycles. The molecule has 0 spiro atoms. The van der Waals surface area contributed by atoms with E-state index in [1.165, 1.54) is 4.90 Å². The minimum Gasteiger partial charge on any atom is -0.376 e. The van der Waals surface area contributed by atoms with Crippen LogP contribution in [-0.4, -0.2) is 11.4 Å². The van der Waals surface area contributed by atoms with Gasteiger partial charge in [-0.1, -0.05) is 18.1 Å². The van der Waals surface area contributed by atoms with Crippen LogP contribution >= 0.6 is 11.8 Å². The molecule has 0 aliphatic rings. The number of terminal acetylenes is 1. The van der Waals surface area contributed by atoms with Gasteiger partial charge in [-0.15, -0.1) is 18.2 Å². The van der Waals surface area contributed by atoms with Gasteiger partial charge in [0.25, 0.3) is 0 Å². The summed E-state index contributed by atoms with van der Waals surface area (Å²) in [5.41, 5.74) is 0.773. The summed E-state index contributed by atoms with van der Waals surface area (Å²) in [6.45, 7) is 0. The molecule has 0 unspecified atom stereocenters. The van der Waals surface area contributed by atoms with Gasteiger partial charge < -0.3 is 5.11 Å². The Kier molecular flexibility index (Phi) is 3.21. The molecule has 1 rings (SSSR count). The molecular formula is C10H10OS. The highest BCUT2D eigenvalue weighted by molar-refractivity contribution is 7.98. The normalized spacial score (nSPS) is 12.1. The first-order valence-electron chi connectivity index (χ1n) is 3.56. The highest BCUT2D eigenvalue weighted by Gasteiger charge is 2.01. The van der Waals surface area contributed by atoms with Crippen LogP contribution in [0.3, 0.4) is 0 Å². The molecule has 0 bridgehead atoms. The maximum atomic E-state index is 9.25. The van der Waals surface area contributed by atoms with E-state index in [-0.39, 0.29) is 0 Å². The molecular weight excluding hydrogens is 168 g/mol. The molecule has 1 N–H and O–H groups in total. The molecule has 12 heavy (non-hydrogen) atoms. The van der Waals surface area contributed by atoms with Gasteiger partial charge in [-0.2, -0.15) is 0 Å². The Morgan fingerprint density at radius 2 is 2.00 bits per heavy atom. The Balaban J connectivity index is 2.86. The summed E-state index contributed by atoms with van der Waals surface area (Å²) in [5, 5.41) is 9.25. The summed E-state index contributed by atoms with van der Waals surface area (Å²) in [4.78, 5) is 1.17. The van der Waals surface area contributed by atoms with Crippen molar-refractivity contribution in [3.05, 3.63) is 29.8 Å². The molecule has 1 aromatic rings. The monoisotopic (exact) mass is 178 g/mol. The maximum Gasteiger partial charge on any atom is 0.139 e. The van der Waals surface area contributed by atoms with Crippen LogP contribution in [-0.2, 0) is 0 Å². The molecule has 0 aliphatic carbocycles. The molecule has 1 nitrogen and oxygen atoms in total. The summed E-state index contributed by atoms with van der Waals surface area (Å²) in [6.07, 6.45) is 6.30. The quantitative estimate of drug-likeness (QED) is 0.552. The van der Waals surface area contributed by atoms with E-state index in [9.17, 15) is 5.11 Å². The van der Waals surface area contributed by atoms with E-state index in [4.69, 9.17) is 6.42 Å². The minimum absolute atomic E-state index is 0.773. The van der Waals surface area contributed by atoms with Crippen LogP contribution in [0.1, 0.15) is 11.7 Å². The van der Waals surface area contributed by atoms with Crippen LogP contribution in [0.4, 0.5) is 0 Å². The second-order valence-electron chi connectivity index (χ2n) is 2.34. The molecule has 0 radical (unpaired) electrons. The van der Waals surface area contributed by atoms with Gasteiger partial charge in [-0.3, -0.25) is 0 Å². The third-order valence-electron chi connectivity index (χ3n) is 1.59. The van der Waals surface area contributed by atoms with Gasteiger partial charge in [0.1, 0.15) is 6.10 Å². The summed E-state index contributed by atoms with van der Waals surface area (Å²) >= 11 is 1.66. The molecule has 0 amide bonds. The van der Waals surface area contributed by atoms with Crippen molar-refractivity contribution in [2.45, 2.75) is 11.0 Å². The van der Waals surface area contributed by atoms with Crippen molar-refractivity contribution in [2.24, 2.45) is 0 Å². The van der Waals surface area contributed by atoms with Gasteiger partial charge in [0.15, 0.2) is 0 Å². The Hall–Kier alpha value is -0.910. The van der Waals surface area contributed by atoms with E-state index in [1.807, 2.05) is 30.5 Å². The van der Waals surface area contributed by atoms with Crippen molar-refractivity contribution in [1.82, 2.24) is 0 Å². The molecule has 0 saturated heterocycles. The summed E-state index contributed by atoms with van der Waals surface area (Å²) < 4.78 is 0. The number of hydrogen-bond acceptors (Lipinski definition) is 2. The number of aliphatic hydroxyl groups excluding tert-OH is 1. The molecule has 0 fully saturated rings. The number of benzene rings is 1. The van der Waals surface area contributed by atoms with Gasteiger partial charge in [-0.05, 0) is 24.0 Å². The first kappa shape index (κ1) is 9.18. The number of rotatable bonds is 2. The van der Waals surface area contributed by atoms with Gasteiger partial charge >= 0.3 is 0 Å². The van der Waals surface area contributed by atoms with Crippen LogP contribution < -0.4 is 0 Å². The Labute approximate surface area is 76.8 Å². The first-order chi connectivity index (χ1) is 5.77. The second-order valence-corrected chi connectivity index (χ2v) is 3.22. The van der Waals surface area contributed by atoms with Gasteiger partial charge in [0.05, 0.1) is 0 Å². The number of hydrogen-bond donors (Lipinski definition) is 1. The molecule has 0 heterocycles. The summed E-state index contributed by atoms with van der Waals surface area (Å²) in [5.74, 6) is 2.27. The van der Waals surface area contributed by atoms with Crippen molar-refractivity contribution in [3.8, 4) is 12.3 Å². The van der Waals surface area contributed by atoms with Crippen LogP contribution in [0.25, 0.3) is 0 Å². The SMILES string of the molecule is C#C[C@H](O)c1ccc(SC)cc1. The molecule has 1 atom stereocenters. The minimum atomic E-state index is -0.777. The topological polar surface area (TPSA) is 20.2 Å². The highest BCUT2D eigenvalue weighted by Crippen LogP contribution is 2.18. The van der Waals surface area contributed by atoms with E-state index < -0.39 is 6.10 Å². The van der Waals surface area contributed by atoms with Crippen molar-refractivity contribution >= 4 is 11.8 Å². The van der Waals surface area contributed by atoms with Crippen molar-refractivity contribution in [2.75, 3.05) is 6.26 Å². The largest absolute Gasteiger partial charge is 0.376 e. The zero-order chi connectivity index (χ0) is 8.97. The average molecular weight is 178 g/mol.